The Balaban J connectivity index is 3.11. The molecule has 2 amide bonds. The molecule has 0 unspecified atom stereocenters. The Hall–Kier alpha value is -0.770. The van der Waals surface area contributed by atoms with Crippen LogP contribution in [-0.4, -0.2) is 25.7 Å². The van der Waals surface area contributed by atoms with E-state index < -0.39 is 0 Å². The molecule has 0 rings (SSSR count). The number of hydrogen-bond donors (Lipinski definition) is 2. The van der Waals surface area contributed by atoms with Gasteiger partial charge in [-0.1, -0.05) is 13.3 Å². The predicted octanol–water partition coefficient (Wildman–Crippen LogP) is 1.30. The number of amides is 2. The van der Waals surface area contributed by atoms with E-state index in [4.69, 9.17) is 0 Å². The quantitative estimate of drug-likeness (QED) is 0.580. The van der Waals surface area contributed by atoms with Gasteiger partial charge in [0.25, 0.3) is 0 Å². The van der Waals surface area contributed by atoms with Crippen molar-refractivity contribution >= 4 is 6.03 Å². The molecule has 2 N–H and O–H groups in total. The first kappa shape index (κ1) is 12.2. The molecule has 0 heterocycles. The van der Waals surface area contributed by atoms with Crippen molar-refractivity contribution in [2.45, 2.75) is 32.6 Å². The lowest BCUT2D eigenvalue weighted by Gasteiger charge is -2.05. The van der Waals surface area contributed by atoms with Crippen LogP contribution in [0.2, 0.25) is 0 Å². The number of unbranched alkanes of at least 4 members (excludes halogenated alkanes) is 2. The van der Waals surface area contributed by atoms with Crippen LogP contribution in [0.5, 0.6) is 0 Å². The molecule has 0 saturated heterocycles. The Morgan fingerprint density at radius 3 is 2.23 bits per heavy atom. The molecular weight excluding hydrogens is 168 g/mol. The summed E-state index contributed by atoms with van der Waals surface area (Å²) in [7, 11) is 0. The summed E-state index contributed by atoms with van der Waals surface area (Å²) in [5, 5.41) is 15.5. The molecule has 0 aliphatic carbocycles. The van der Waals surface area contributed by atoms with Crippen LogP contribution >= 0.6 is 0 Å². The average molecular weight is 187 g/mol. The van der Waals surface area contributed by atoms with Crippen molar-refractivity contribution in [3.05, 3.63) is 0 Å². The van der Waals surface area contributed by atoms with Crippen LogP contribution in [0.3, 0.4) is 0 Å². The largest absolute Gasteiger partial charge is 0.338 e. The highest BCUT2D eigenvalue weighted by Gasteiger charge is 1.96. The van der Waals surface area contributed by atoms with Gasteiger partial charge < -0.3 is 10.6 Å². The summed E-state index contributed by atoms with van der Waals surface area (Å²) in [6.45, 7) is 3.34. The van der Waals surface area contributed by atoms with Gasteiger partial charge in [0.15, 0.2) is 0 Å². The van der Waals surface area contributed by atoms with Crippen LogP contribution in [0.1, 0.15) is 32.6 Å². The minimum atomic E-state index is -0.126. The number of hydrogen-bond acceptors (Lipinski definition) is 1. The van der Waals surface area contributed by atoms with Crippen LogP contribution in [0.25, 0.3) is 0 Å². The van der Waals surface area contributed by atoms with E-state index >= 15 is 0 Å². The van der Waals surface area contributed by atoms with Crippen molar-refractivity contribution in [1.82, 2.24) is 10.6 Å². The van der Waals surface area contributed by atoms with E-state index in [2.05, 4.69) is 17.6 Å². The molecule has 13 heavy (non-hydrogen) atoms. The van der Waals surface area contributed by atoms with Gasteiger partial charge in [-0.25, -0.2) is 9.90 Å². The Kier molecular flexibility index (Phi) is 8.77. The molecule has 0 fully saturated rings. The molecular formula is C9H19N2O2. The molecule has 0 aromatic carbocycles. The number of urea groups is 1. The second-order valence-corrected chi connectivity index (χ2v) is 2.95. The molecule has 4 heteroatoms. The van der Waals surface area contributed by atoms with E-state index in [0.717, 1.165) is 25.8 Å². The SMILES string of the molecule is CCCCNC(=O)NCCCC[O]. The molecule has 0 bridgehead atoms. The number of carbonyl (C=O) groups is 1. The minimum absolute atomic E-state index is 0.0564. The number of carbonyl (C=O) groups excluding carboxylic acids is 1. The fraction of sp³-hybridized carbons (Fsp3) is 0.889. The van der Waals surface area contributed by atoms with Crippen molar-refractivity contribution in [3.63, 3.8) is 0 Å². The Morgan fingerprint density at radius 2 is 1.69 bits per heavy atom. The maximum atomic E-state index is 11.0. The van der Waals surface area contributed by atoms with E-state index in [1.807, 2.05) is 0 Å². The van der Waals surface area contributed by atoms with E-state index in [1.54, 1.807) is 0 Å². The predicted molar refractivity (Wildman–Crippen MR) is 51.1 cm³/mol. The standard InChI is InChI=1S/C9H19N2O2/c1-2-3-6-10-9(13)11-7-4-5-8-12/h2-8H2,1H3,(H2,10,11,13). The number of nitrogens with one attached hydrogen (secondary N) is 2. The normalized spacial score (nSPS) is 9.69. The second-order valence-electron chi connectivity index (χ2n) is 2.95. The molecule has 0 spiro atoms. The molecule has 77 valence electrons. The van der Waals surface area contributed by atoms with Gasteiger partial charge in [-0.2, -0.15) is 0 Å². The zero-order chi connectivity index (χ0) is 9.94. The van der Waals surface area contributed by atoms with Gasteiger partial charge in [-0.05, 0) is 19.3 Å². The lowest BCUT2D eigenvalue weighted by atomic mass is 10.3. The molecule has 0 saturated carbocycles. The van der Waals surface area contributed by atoms with Crippen molar-refractivity contribution in [1.29, 1.82) is 0 Å². The van der Waals surface area contributed by atoms with Gasteiger partial charge >= 0.3 is 6.03 Å². The van der Waals surface area contributed by atoms with Crippen molar-refractivity contribution < 1.29 is 9.90 Å². The highest BCUT2D eigenvalue weighted by Crippen LogP contribution is 1.85. The lowest BCUT2D eigenvalue weighted by molar-refractivity contribution is 0.186. The summed E-state index contributed by atoms with van der Waals surface area (Å²) < 4.78 is 0. The Morgan fingerprint density at radius 1 is 1.08 bits per heavy atom. The van der Waals surface area contributed by atoms with Crippen LogP contribution < -0.4 is 10.6 Å². The van der Waals surface area contributed by atoms with Crippen molar-refractivity contribution in [3.8, 4) is 0 Å². The summed E-state index contributed by atoms with van der Waals surface area (Å²) in [6.07, 6.45) is 3.49. The van der Waals surface area contributed by atoms with Gasteiger partial charge in [0, 0.05) is 13.1 Å². The van der Waals surface area contributed by atoms with Crippen LogP contribution in [0, 0.1) is 0 Å². The van der Waals surface area contributed by atoms with E-state index in [9.17, 15) is 9.90 Å². The van der Waals surface area contributed by atoms with Gasteiger partial charge in [0.2, 0.25) is 0 Å². The zero-order valence-corrected chi connectivity index (χ0v) is 8.27. The van der Waals surface area contributed by atoms with Gasteiger partial charge in [-0.3, -0.25) is 0 Å². The molecule has 0 aliphatic rings. The van der Waals surface area contributed by atoms with Crippen molar-refractivity contribution in [2.24, 2.45) is 0 Å². The van der Waals surface area contributed by atoms with Crippen LogP contribution in [-0.2, 0) is 5.11 Å². The topological polar surface area (TPSA) is 61.0 Å². The minimum Gasteiger partial charge on any atom is -0.338 e. The van der Waals surface area contributed by atoms with Crippen LogP contribution in [0.15, 0.2) is 0 Å². The first-order valence-corrected chi connectivity index (χ1v) is 4.91. The highest BCUT2D eigenvalue weighted by molar-refractivity contribution is 5.73. The molecule has 0 aromatic heterocycles. The fourth-order valence-corrected chi connectivity index (χ4v) is 0.870. The summed E-state index contributed by atoms with van der Waals surface area (Å²) in [5.41, 5.74) is 0. The smallest absolute Gasteiger partial charge is 0.314 e. The molecule has 0 atom stereocenters. The maximum Gasteiger partial charge on any atom is 0.314 e. The summed E-state index contributed by atoms with van der Waals surface area (Å²) >= 11 is 0. The number of rotatable bonds is 7. The third-order valence-electron chi connectivity index (χ3n) is 1.67. The Bertz CT molecular complexity index is 129. The monoisotopic (exact) mass is 187 g/mol. The zero-order valence-electron chi connectivity index (χ0n) is 8.27. The first-order chi connectivity index (χ1) is 6.31. The van der Waals surface area contributed by atoms with E-state index in [0.29, 0.717) is 13.0 Å². The van der Waals surface area contributed by atoms with Crippen LogP contribution in [0.4, 0.5) is 4.79 Å². The lowest BCUT2D eigenvalue weighted by Crippen LogP contribution is -2.36. The molecule has 0 aromatic rings. The molecule has 1 radical (unpaired) electrons. The average Bonchev–Trinajstić information content (AvgIpc) is 2.13. The third-order valence-corrected chi connectivity index (χ3v) is 1.67. The maximum absolute atomic E-state index is 11.0. The highest BCUT2D eigenvalue weighted by atomic mass is 16.2. The molecule has 0 aliphatic heterocycles. The second kappa shape index (κ2) is 9.32. The van der Waals surface area contributed by atoms with Crippen molar-refractivity contribution in [2.75, 3.05) is 19.7 Å². The van der Waals surface area contributed by atoms with Gasteiger partial charge in [0.05, 0.1) is 6.61 Å². The first-order valence-electron chi connectivity index (χ1n) is 4.91. The fourth-order valence-electron chi connectivity index (χ4n) is 0.870. The van der Waals surface area contributed by atoms with E-state index in [1.165, 1.54) is 0 Å². The van der Waals surface area contributed by atoms with E-state index in [-0.39, 0.29) is 12.6 Å². The van der Waals surface area contributed by atoms with Gasteiger partial charge in [0.1, 0.15) is 0 Å². The van der Waals surface area contributed by atoms with Gasteiger partial charge in [-0.15, -0.1) is 0 Å². The Labute approximate surface area is 79.7 Å². The summed E-state index contributed by atoms with van der Waals surface area (Å²) in [4.78, 5) is 11.0. The summed E-state index contributed by atoms with van der Waals surface area (Å²) in [6, 6.07) is -0.126. The molecule has 4 nitrogen and oxygen atoms in total. The summed E-state index contributed by atoms with van der Waals surface area (Å²) in [5.74, 6) is 0. The third kappa shape index (κ3) is 9.14.